The first kappa shape index (κ1) is 15.4. The molecule has 3 N–H and O–H groups in total. The zero-order valence-corrected chi connectivity index (χ0v) is 12.4. The van der Waals surface area contributed by atoms with E-state index in [0.29, 0.717) is 18.0 Å². The molecule has 1 heterocycles. The summed E-state index contributed by atoms with van der Waals surface area (Å²) in [6.45, 7) is 7.59. The Labute approximate surface area is 118 Å². The Hall–Kier alpha value is -1.69. The van der Waals surface area contributed by atoms with Crippen molar-refractivity contribution in [3.05, 3.63) is 22.9 Å². The van der Waals surface area contributed by atoms with E-state index in [1.165, 1.54) is 0 Å². The van der Waals surface area contributed by atoms with Crippen molar-refractivity contribution in [1.82, 2.24) is 4.98 Å². The number of hydrogen-bond acceptors (Lipinski definition) is 5. The van der Waals surface area contributed by atoms with Crippen LogP contribution in [0.4, 0.5) is 5.82 Å². The van der Waals surface area contributed by atoms with Gasteiger partial charge in [-0.15, -0.1) is 0 Å². The van der Waals surface area contributed by atoms with Gasteiger partial charge >= 0.3 is 5.97 Å². The SMILES string of the molecule is CCOC(=O)C(C)Nc1nc(C)cc(C)c1C(N)=S. The quantitative estimate of drug-likeness (QED) is 0.632. The van der Waals surface area contributed by atoms with E-state index in [1.54, 1.807) is 13.8 Å². The molecule has 0 aliphatic carbocycles. The van der Waals surface area contributed by atoms with Crippen molar-refractivity contribution in [2.45, 2.75) is 33.7 Å². The van der Waals surface area contributed by atoms with Gasteiger partial charge in [-0.25, -0.2) is 9.78 Å². The number of nitrogens with zero attached hydrogens (tertiary/aromatic N) is 1. The number of ether oxygens (including phenoxy) is 1. The number of nitrogens with two attached hydrogens (primary N) is 1. The largest absolute Gasteiger partial charge is 0.464 e. The molecular formula is C13H19N3O2S. The maximum Gasteiger partial charge on any atom is 0.328 e. The van der Waals surface area contributed by atoms with E-state index < -0.39 is 6.04 Å². The summed E-state index contributed by atoms with van der Waals surface area (Å²) >= 11 is 5.03. The number of pyridine rings is 1. The summed E-state index contributed by atoms with van der Waals surface area (Å²) in [6, 6.07) is 1.39. The van der Waals surface area contributed by atoms with Gasteiger partial charge in [0, 0.05) is 5.69 Å². The topological polar surface area (TPSA) is 77.2 Å². The number of carbonyl (C=O) groups excluding carboxylic acids is 1. The molecule has 5 nitrogen and oxygen atoms in total. The van der Waals surface area contributed by atoms with Crippen LogP contribution in [0.25, 0.3) is 0 Å². The molecule has 1 rings (SSSR count). The first-order valence-electron chi connectivity index (χ1n) is 6.08. The second-order valence-electron chi connectivity index (χ2n) is 4.29. The number of aryl methyl sites for hydroxylation is 2. The summed E-state index contributed by atoms with van der Waals surface area (Å²) in [5, 5.41) is 3.00. The third-order valence-corrected chi connectivity index (χ3v) is 2.79. The lowest BCUT2D eigenvalue weighted by Gasteiger charge is -2.17. The second kappa shape index (κ2) is 6.47. The Bertz CT molecular complexity index is 503. The molecule has 1 aromatic rings. The maximum absolute atomic E-state index is 11.6. The predicted octanol–water partition coefficient (Wildman–Crippen LogP) is 1.70. The number of anilines is 1. The van der Waals surface area contributed by atoms with Gasteiger partial charge in [0.15, 0.2) is 0 Å². The van der Waals surface area contributed by atoms with Crippen molar-refractivity contribution in [1.29, 1.82) is 0 Å². The molecule has 104 valence electrons. The fraction of sp³-hybridized carbons (Fsp3) is 0.462. The van der Waals surface area contributed by atoms with Crippen LogP contribution in [0.3, 0.4) is 0 Å². The number of hydrogen-bond donors (Lipinski definition) is 2. The molecule has 1 aromatic heterocycles. The first-order valence-corrected chi connectivity index (χ1v) is 6.48. The maximum atomic E-state index is 11.6. The zero-order chi connectivity index (χ0) is 14.6. The Morgan fingerprint density at radius 1 is 1.58 bits per heavy atom. The Morgan fingerprint density at radius 2 is 2.21 bits per heavy atom. The first-order chi connectivity index (χ1) is 8.86. The fourth-order valence-electron chi connectivity index (χ4n) is 1.78. The second-order valence-corrected chi connectivity index (χ2v) is 4.73. The van der Waals surface area contributed by atoms with Gasteiger partial charge in [-0.2, -0.15) is 0 Å². The van der Waals surface area contributed by atoms with Crippen LogP contribution in [0.5, 0.6) is 0 Å². The van der Waals surface area contributed by atoms with Crippen LogP contribution in [0.15, 0.2) is 6.07 Å². The van der Waals surface area contributed by atoms with E-state index in [2.05, 4.69) is 10.3 Å². The summed E-state index contributed by atoms with van der Waals surface area (Å²) in [5.41, 5.74) is 8.13. The fourth-order valence-corrected chi connectivity index (χ4v) is 2.04. The van der Waals surface area contributed by atoms with E-state index in [9.17, 15) is 4.79 Å². The molecule has 0 saturated carbocycles. The van der Waals surface area contributed by atoms with Crippen LogP contribution < -0.4 is 11.1 Å². The van der Waals surface area contributed by atoms with Crippen LogP contribution in [0.2, 0.25) is 0 Å². The van der Waals surface area contributed by atoms with Crippen molar-refractivity contribution in [3.63, 3.8) is 0 Å². The van der Waals surface area contributed by atoms with Gasteiger partial charge in [-0.3, -0.25) is 0 Å². The lowest BCUT2D eigenvalue weighted by Crippen LogP contribution is -2.30. The molecule has 0 fully saturated rings. The molecular weight excluding hydrogens is 262 g/mol. The molecule has 0 spiro atoms. The lowest BCUT2D eigenvalue weighted by molar-refractivity contribution is -0.143. The summed E-state index contributed by atoms with van der Waals surface area (Å²) in [6.07, 6.45) is 0. The third kappa shape index (κ3) is 3.89. The van der Waals surface area contributed by atoms with Gasteiger partial charge in [0.05, 0.1) is 12.2 Å². The predicted molar refractivity (Wildman–Crippen MR) is 79.3 cm³/mol. The number of thiocarbonyl (C=S) groups is 1. The molecule has 0 bridgehead atoms. The van der Waals surface area contributed by atoms with Gasteiger partial charge < -0.3 is 15.8 Å². The highest BCUT2D eigenvalue weighted by Gasteiger charge is 2.18. The number of rotatable bonds is 5. The highest BCUT2D eigenvalue weighted by Crippen LogP contribution is 2.19. The Kier molecular flexibility index (Phi) is 5.23. The van der Waals surface area contributed by atoms with Crippen molar-refractivity contribution in [3.8, 4) is 0 Å². The molecule has 19 heavy (non-hydrogen) atoms. The average molecular weight is 281 g/mol. The van der Waals surface area contributed by atoms with E-state index in [1.807, 2.05) is 19.9 Å². The van der Waals surface area contributed by atoms with Crippen LogP contribution in [-0.2, 0) is 9.53 Å². The minimum Gasteiger partial charge on any atom is -0.464 e. The molecule has 0 radical (unpaired) electrons. The molecule has 0 saturated heterocycles. The molecule has 0 aliphatic heterocycles. The molecule has 0 aromatic carbocycles. The lowest BCUT2D eigenvalue weighted by atomic mass is 10.1. The van der Waals surface area contributed by atoms with Gasteiger partial charge in [-0.05, 0) is 39.3 Å². The van der Waals surface area contributed by atoms with Crippen LogP contribution in [0.1, 0.15) is 30.7 Å². The molecule has 0 aliphatic rings. The van der Waals surface area contributed by atoms with Crippen LogP contribution >= 0.6 is 12.2 Å². The van der Waals surface area contributed by atoms with Crippen molar-refractivity contribution in [2.24, 2.45) is 5.73 Å². The summed E-state index contributed by atoms with van der Waals surface area (Å²) < 4.78 is 4.94. The molecule has 1 unspecified atom stereocenters. The van der Waals surface area contributed by atoms with E-state index in [0.717, 1.165) is 11.3 Å². The zero-order valence-electron chi connectivity index (χ0n) is 11.6. The smallest absolute Gasteiger partial charge is 0.328 e. The minimum atomic E-state index is -0.512. The van der Waals surface area contributed by atoms with E-state index in [4.69, 9.17) is 22.7 Å². The Morgan fingerprint density at radius 3 is 2.74 bits per heavy atom. The number of nitrogens with one attached hydrogen (secondary N) is 1. The van der Waals surface area contributed by atoms with Crippen LogP contribution in [0, 0.1) is 13.8 Å². The number of aromatic nitrogens is 1. The number of carbonyl (C=O) groups is 1. The highest BCUT2D eigenvalue weighted by atomic mass is 32.1. The van der Waals surface area contributed by atoms with Crippen LogP contribution in [-0.4, -0.2) is 28.6 Å². The van der Waals surface area contributed by atoms with Gasteiger partial charge in [0.2, 0.25) is 0 Å². The standard InChI is InChI=1S/C13H19N3O2S/c1-5-18-13(17)9(4)16-12-10(11(14)19)7(2)6-8(3)15-12/h6,9H,5H2,1-4H3,(H2,14,19)(H,15,16). The normalized spacial score (nSPS) is 11.8. The monoisotopic (exact) mass is 281 g/mol. The van der Waals surface area contributed by atoms with Crippen molar-refractivity contribution >= 4 is 29.0 Å². The molecule has 6 heteroatoms. The summed E-state index contributed by atoms with van der Waals surface area (Å²) in [5.74, 6) is 0.183. The van der Waals surface area contributed by atoms with E-state index >= 15 is 0 Å². The van der Waals surface area contributed by atoms with E-state index in [-0.39, 0.29) is 11.0 Å². The van der Waals surface area contributed by atoms with Crippen molar-refractivity contribution in [2.75, 3.05) is 11.9 Å². The molecule has 1 atom stereocenters. The Balaban J connectivity index is 3.06. The van der Waals surface area contributed by atoms with Gasteiger partial charge in [0.25, 0.3) is 0 Å². The minimum absolute atomic E-state index is 0.253. The van der Waals surface area contributed by atoms with Gasteiger partial charge in [-0.1, -0.05) is 12.2 Å². The number of esters is 1. The summed E-state index contributed by atoms with van der Waals surface area (Å²) in [4.78, 5) is 16.2. The third-order valence-electron chi connectivity index (χ3n) is 2.58. The average Bonchev–Trinajstić information content (AvgIpc) is 2.27. The van der Waals surface area contributed by atoms with Gasteiger partial charge in [0.1, 0.15) is 16.8 Å². The highest BCUT2D eigenvalue weighted by molar-refractivity contribution is 7.80. The van der Waals surface area contributed by atoms with Crippen molar-refractivity contribution < 1.29 is 9.53 Å². The molecule has 0 amide bonds. The summed E-state index contributed by atoms with van der Waals surface area (Å²) in [7, 11) is 0.